The number of carbonyl (C=O) groups excluding carboxylic acids is 1. The summed E-state index contributed by atoms with van der Waals surface area (Å²) >= 11 is 1.60. The molecule has 0 aliphatic carbocycles. The molecule has 0 radical (unpaired) electrons. The van der Waals surface area contributed by atoms with Crippen LogP contribution in [0.3, 0.4) is 0 Å². The highest BCUT2D eigenvalue weighted by Crippen LogP contribution is 2.30. The Morgan fingerprint density at radius 3 is 2.88 bits per heavy atom. The van der Waals surface area contributed by atoms with Crippen LogP contribution in [-0.4, -0.2) is 50.3 Å². The number of rotatable bonds is 3. The lowest BCUT2D eigenvalue weighted by atomic mass is 9.93. The first-order valence-electron chi connectivity index (χ1n) is 8.06. The van der Waals surface area contributed by atoms with Gasteiger partial charge < -0.3 is 9.64 Å². The van der Waals surface area contributed by atoms with Crippen LogP contribution in [-0.2, 0) is 14.9 Å². The number of aromatic nitrogens is 4. The summed E-state index contributed by atoms with van der Waals surface area (Å²) in [5.74, 6) is 0.0291. The van der Waals surface area contributed by atoms with Crippen LogP contribution in [0, 0.1) is 0 Å². The van der Waals surface area contributed by atoms with Gasteiger partial charge in [-0.1, -0.05) is 20.8 Å². The molecule has 1 fully saturated rings. The summed E-state index contributed by atoms with van der Waals surface area (Å²) in [5.41, 5.74) is 1.08. The molecule has 2 aromatic heterocycles. The summed E-state index contributed by atoms with van der Waals surface area (Å²) < 4.78 is 7.44. The Morgan fingerprint density at radius 1 is 1.46 bits per heavy atom. The molecule has 24 heavy (non-hydrogen) atoms. The topological polar surface area (TPSA) is 73.1 Å². The van der Waals surface area contributed by atoms with Crippen molar-refractivity contribution in [2.75, 3.05) is 19.7 Å². The summed E-state index contributed by atoms with van der Waals surface area (Å²) in [6, 6.07) is -0.368. The zero-order valence-electron chi connectivity index (χ0n) is 14.5. The molecule has 1 aliphatic rings. The van der Waals surface area contributed by atoms with Crippen LogP contribution in [0.4, 0.5) is 0 Å². The van der Waals surface area contributed by atoms with Crippen molar-refractivity contribution >= 4 is 17.2 Å². The third-order valence-electron chi connectivity index (χ3n) is 4.13. The van der Waals surface area contributed by atoms with Crippen molar-refractivity contribution in [1.29, 1.82) is 0 Å². The largest absolute Gasteiger partial charge is 0.367 e. The van der Waals surface area contributed by atoms with E-state index < -0.39 is 0 Å². The molecule has 3 heterocycles. The summed E-state index contributed by atoms with van der Waals surface area (Å²) in [4.78, 5) is 23.2. The van der Waals surface area contributed by atoms with E-state index in [-0.39, 0.29) is 23.5 Å². The van der Waals surface area contributed by atoms with Crippen molar-refractivity contribution < 1.29 is 9.53 Å². The Labute approximate surface area is 145 Å². The third-order valence-corrected chi connectivity index (χ3v) is 5.07. The number of hydrogen-bond donors (Lipinski definition) is 0. The van der Waals surface area contributed by atoms with Crippen LogP contribution in [0.2, 0.25) is 0 Å². The Morgan fingerprint density at radius 2 is 2.25 bits per heavy atom. The van der Waals surface area contributed by atoms with E-state index in [1.807, 2.05) is 11.8 Å². The lowest BCUT2D eigenvalue weighted by Gasteiger charge is -2.33. The summed E-state index contributed by atoms with van der Waals surface area (Å²) in [6.07, 6.45) is 2.85. The van der Waals surface area contributed by atoms with Gasteiger partial charge in [-0.15, -0.1) is 11.3 Å². The first-order valence-corrected chi connectivity index (χ1v) is 8.94. The monoisotopic (exact) mass is 349 g/mol. The Hall–Kier alpha value is -1.80. The molecule has 130 valence electrons. The van der Waals surface area contributed by atoms with E-state index in [9.17, 15) is 4.79 Å². The predicted molar refractivity (Wildman–Crippen MR) is 90.8 cm³/mol. The van der Waals surface area contributed by atoms with E-state index >= 15 is 0 Å². The van der Waals surface area contributed by atoms with Crippen molar-refractivity contribution in [3.63, 3.8) is 0 Å². The summed E-state index contributed by atoms with van der Waals surface area (Å²) in [6.45, 7) is 9.89. The minimum absolute atomic E-state index is 0.0144. The van der Waals surface area contributed by atoms with E-state index in [1.54, 1.807) is 22.3 Å². The van der Waals surface area contributed by atoms with Gasteiger partial charge in [0.25, 0.3) is 0 Å². The first-order chi connectivity index (χ1) is 11.4. The zero-order chi connectivity index (χ0) is 17.3. The van der Waals surface area contributed by atoms with Crippen LogP contribution in [0.25, 0.3) is 0 Å². The van der Waals surface area contributed by atoms with Gasteiger partial charge in [-0.3, -0.25) is 4.79 Å². The number of hydrogen-bond acceptors (Lipinski definition) is 6. The van der Waals surface area contributed by atoms with Gasteiger partial charge in [0, 0.05) is 17.3 Å². The first kappa shape index (κ1) is 17.0. The van der Waals surface area contributed by atoms with Gasteiger partial charge in [0.05, 0.1) is 18.8 Å². The van der Waals surface area contributed by atoms with Crippen LogP contribution in [0.15, 0.2) is 18.0 Å². The lowest BCUT2D eigenvalue weighted by Crippen LogP contribution is -2.45. The SMILES string of the molecule is C[C@@H](C(=O)N1CCO[C@H](c2nc(C(C)(C)C)cs2)C1)n1cncn1. The lowest BCUT2D eigenvalue weighted by molar-refractivity contribution is -0.142. The molecule has 1 aliphatic heterocycles. The molecule has 0 saturated carbocycles. The molecule has 0 bridgehead atoms. The molecular formula is C16H23N5O2S. The zero-order valence-corrected chi connectivity index (χ0v) is 15.3. The fraction of sp³-hybridized carbons (Fsp3) is 0.625. The molecule has 1 amide bonds. The van der Waals surface area contributed by atoms with Gasteiger partial charge in [0.15, 0.2) is 0 Å². The second-order valence-electron chi connectivity index (χ2n) is 7.02. The van der Waals surface area contributed by atoms with E-state index in [0.717, 1.165) is 10.7 Å². The standard InChI is InChI=1S/C16H23N5O2S/c1-11(21-10-17-9-18-21)15(22)20-5-6-23-12(7-20)14-19-13(8-24-14)16(2,3)4/h8-12H,5-7H2,1-4H3/t11-,12-/m0/s1. The van der Waals surface area contributed by atoms with Crippen molar-refractivity contribution in [3.05, 3.63) is 28.7 Å². The highest BCUT2D eigenvalue weighted by atomic mass is 32.1. The molecular weight excluding hydrogens is 326 g/mol. The molecule has 0 spiro atoms. The number of nitrogens with zero attached hydrogens (tertiary/aromatic N) is 5. The normalized spacial score (nSPS) is 20.2. The molecule has 2 aromatic rings. The maximum Gasteiger partial charge on any atom is 0.247 e. The van der Waals surface area contributed by atoms with Gasteiger partial charge in [0.2, 0.25) is 5.91 Å². The van der Waals surface area contributed by atoms with Crippen molar-refractivity contribution in [3.8, 4) is 0 Å². The van der Waals surface area contributed by atoms with Gasteiger partial charge in [0.1, 0.15) is 29.8 Å². The Bertz CT molecular complexity index is 692. The van der Waals surface area contributed by atoms with Crippen LogP contribution in [0.5, 0.6) is 0 Å². The highest BCUT2D eigenvalue weighted by Gasteiger charge is 2.31. The van der Waals surface area contributed by atoms with Crippen LogP contribution < -0.4 is 0 Å². The molecule has 0 unspecified atom stereocenters. The maximum atomic E-state index is 12.7. The van der Waals surface area contributed by atoms with Crippen molar-refractivity contribution in [1.82, 2.24) is 24.6 Å². The molecule has 2 atom stereocenters. The third kappa shape index (κ3) is 3.49. The average Bonchev–Trinajstić information content (AvgIpc) is 3.24. The Balaban J connectivity index is 1.70. The summed E-state index contributed by atoms with van der Waals surface area (Å²) in [5, 5.41) is 7.07. The number of morpholine rings is 1. The average molecular weight is 349 g/mol. The van der Waals surface area contributed by atoms with E-state index in [0.29, 0.717) is 19.7 Å². The fourth-order valence-electron chi connectivity index (χ4n) is 2.57. The highest BCUT2D eigenvalue weighted by molar-refractivity contribution is 7.09. The Kier molecular flexibility index (Phi) is 4.69. The van der Waals surface area contributed by atoms with E-state index in [1.165, 1.54) is 6.33 Å². The van der Waals surface area contributed by atoms with E-state index in [2.05, 4.69) is 36.2 Å². The molecule has 3 rings (SSSR count). The van der Waals surface area contributed by atoms with Gasteiger partial charge in [-0.25, -0.2) is 14.6 Å². The minimum Gasteiger partial charge on any atom is -0.367 e. The van der Waals surface area contributed by atoms with Crippen LogP contribution >= 0.6 is 11.3 Å². The van der Waals surface area contributed by atoms with E-state index in [4.69, 9.17) is 9.72 Å². The number of carbonyl (C=O) groups is 1. The van der Waals surface area contributed by atoms with Crippen molar-refractivity contribution in [2.24, 2.45) is 0 Å². The van der Waals surface area contributed by atoms with Gasteiger partial charge >= 0.3 is 0 Å². The molecule has 1 saturated heterocycles. The number of amides is 1. The summed E-state index contributed by atoms with van der Waals surface area (Å²) in [7, 11) is 0. The fourth-order valence-corrected chi connectivity index (χ4v) is 3.66. The minimum atomic E-state index is -0.368. The smallest absolute Gasteiger partial charge is 0.247 e. The number of thiazole rings is 1. The molecule has 0 N–H and O–H groups in total. The molecule has 0 aromatic carbocycles. The second-order valence-corrected chi connectivity index (χ2v) is 7.91. The number of ether oxygens (including phenoxy) is 1. The predicted octanol–water partition coefficient (Wildman–Crippen LogP) is 2.19. The molecule has 7 nitrogen and oxygen atoms in total. The van der Waals surface area contributed by atoms with Gasteiger partial charge in [-0.05, 0) is 6.92 Å². The maximum absolute atomic E-state index is 12.7. The van der Waals surface area contributed by atoms with Crippen molar-refractivity contribution in [2.45, 2.75) is 45.3 Å². The van der Waals surface area contributed by atoms with Crippen LogP contribution in [0.1, 0.15) is 50.5 Å². The molecule has 8 heteroatoms. The second kappa shape index (κ2) is 6.60. The quantitative estimate of drug-likeness (QED) is 0.849. The van der Waals surface area contributed by atoms with Gasteiger partial charge in [-0.2, -0.15) is 5.10 Å².